The second-order valence-corrected chi connectivity index (χ2v) is 5.33. The third-order valence-corrected chi connectivity index (χ3v) is 3.72. The predicted molar refractivity (Wildman–Crippen MR) is 76.0 cm³/mol. The molecule has 0 saturated heterocycles. The van der Waals surface area contributed by atoms with Crippen molar-refractivity contribution in [3.8, 4) is 0 Å². The van der Waals surface area contributed by atoms with E-state index < -0.39 is 0 Å². The fourth-order valence-corrected chi connectivity index (χ4v) is 2.31. The van der Waals surface area contributed by atoms with Crippen LogP contribution in [0, 0.1) is 5.92 Å². The van der Waals surface area contributed by atoms with Crippen LogP contribution in [-0.4, -0.2) is 19.7 Å². The van der Waals surface area contributed by atoms with Crippen molar-refractivity contribution < 1.29 is 4.74 Å². The fraction of sp³-hybridized carbons (Fsp3) is 0.600. The molecule has 0 aliphatic heterocycles. The average molecular weight is 268 g/mol. The van der Waals surface area contributed by atoms with Crippen LogP contribution in [-0.2, 0) is 4.74 Å². The molecule has 3 heteroatoms. The van der Waals surface area contributed by atoms with E-state index >= 15 is 0 Å². The number of benzene rings is 1. The molecule has 2 rings (SSSR count). The van der Waals surface area contributed by atoms with Crippen LogP contribution in [0.1, 0.15) is 37.9 Å². The Morgan fingerprint density at radius 2 is 2.17 bits per heavy atom. The van der Waals surface area contributed by atoms with E-state index in [1.165, 1.54) is 19.3 Å². The number of likely N-dealkylation sites (N-methyl/N-ethyl adjacent to an activating group) is 1. The van der Waals surface area contributed by atoms with E-state index in [1.807, 2.05) is 18.2 Å². The van der Waals surface area contributed by atoms with Gasteiger partial charge in [-0.3, -0.25) is 0 Å². The largest absolute Gasteiger partial charge is 0.372 e. The van der Waals surface area contributed by atoms with Crippen LogP contribution in [0.25, 0.3) is 0 Å². The Balaban J connectivity index is 1.91. The Morgan fingerprint density at radius 1 is 1.39 bits per heavy atom. The second kappa shape index (κ2) is 7.13. The zero-order valence-electron chi connectivity index (χ0n) is 11.0. The SMILES string of the molecule is CCNCC(OCCC1CC1)c1ccccc1Cl. The minimum atomic E-state index is 0.0670. The van der Waals surface area contributed by atoms with E-state index in [1.54, 1.807) is 0 Å². The normalized spacial score (nSPS) is 16.8. The Kier molecular flexibility index (Phi) is 5.48. The van der Waals surface area contributed by atoms with Crippen LogP contribution in [0.4, 0.5) is 0 Å². The standard InChI is InChI=1S/C15H22ClNO/c1-2-17-11-15(18-10-9-12-7-8-12)13-5-3-4-6-14(13)16/h3-6,12,15,17H,2,7-11H2,1H3. The summed E-state index contributed by atoms with van der Waals surface area (Å²) in [6, 6.07) is 7.96. The van der Waals surface area contributed by atoms with Crippen LogP contribution in [0.5, 0.6) is 0 Å². The highest BCUT2D eigenvalue weighted by Gasteiger charge is 2.22. The topological polar surface area (TPSA) is 21.3 Å². The molecule has 1 N–H and O–H groups in total. The molecule has 1 saturated carbocycles. The number of rotatable bonds is 8. The Morgan fingerprint density at radius 3 is 2.83 bits per heavy atom. The first-order chi connectivity index (χ1) is 8.81. The zero-order valence-corrected chi connectivity index (χ0v) is 11.7. The lowest BCUT2D eigenvalue weighted by Gasteiger charge is -2.20. The average Bonchev–Trinajstić information content (AvgIpc) is 3.19. The van der Waals surface area contributed by atoms with E-state index in [4.69, 9.17) is 16.3 Å². The molecular weight excluding hydrogens is 246 g/mol. The van der Waals surface area contributed by atoms with Gasteiger partial charge in [-0.25, -0.2) is 0 Å². The molecule has 1 aliphatic rings. The summed E-state index contributed by atoms with van der Waals surface area (Å²) in [7, 11) is 0. The van der Waals surface area contributed by atoms with Crippen LogP contribution in [0.2, 0.25) is 5.02 Å². The first kappa shape index (κ1) is 13.9. The van der Waals surface area contributed by atoms with Gasteiger partial charge in [0.25, 0.3) is 0 Å². The molecule has 0 heterocycles. The van der Waals surface area contributed by atoms with Gasteiger partial charge in [0, 0.05) is 23.7 Å². The summed E-state index contributed by atoms with van der Waals surface area (Å²) in [6.45, 7) is 4.72. The van der Waals surface area contributed by atoms with Gasteiger partial charge in [-0.1, -0.05) is 49.6 Å². The third-order valence-electron chi connectivity index (χ3n) is 3.37. The fourth-order valence-electron chi connectivity index (χ4n) is 2.05. The number of nitrogens with one attached hydrogen (secondary N) is 1. The number of halogens is 1. The third kappa shape index (κ3) is 4.27. The molecule has 100 valence electrons. The first-order valence-corrected chi connectivity index (χ1v) is 7.25. The van der Waals surface area contributed by atoms with Gasteiger partial charge in [0.05, 0.1) is 6.10 Å². The summed E-state index contributed by atoms with van der Waals surface area (Å²) < 4.78 is 6.01. The summed E-state index contributed by atoms with van der Waals surface area (Å²) in [5, 5.41) is 4.14. The highest BCUT2D eigenvalue weighted by molar-refractivity contribution is 6.31. The summed E-state index contributed by atoms with van der Waals surface area (Å²) >= 11 is 6.24. The molecule has 1 fully saturated rings. The van der Waals surface area contributed by atoms with Crippen molar-refractivity contribution in [1.82, 2.24) is 5.32 Å². The van der Waals surface area contributed by atoms with Crippen molar-refractivity contribution in [2.75, 3.05) is 19.7 Å². The van der Waals surface area contributed by atoms with Crippen molar-refractivity contribution >= 4 is 11.6 Å². The van der Waals surface area contributed by atoms with Crippen molar-refractivity contribution in [1.29, 1.82) is 0 Å². The van der Waals surface area contributed by atoms with Crippen LogP contribution in [0.3, 0.4) is 0 Å². The maximum absolute atomic E-state index is 6.24. The van der Waals surface area contributed by atoms with Crippen molar-refractivity contribution in [2.45, 2.75) is 32.3 Å². The molecule has 0 aromatic heterocycles. The van der Waals surface area contributed by atoms with Gasteiger partial charge in [-0.05, 0) is 24.9 Å². The maximum Gasteiger partial charge on any atom is 0.0963 e. The van der Waals surface area contributed by atoms with E-state index in [-0.39, 0.29) is 6.10 Å². The summed E-state index contributed by atoms with van der Waals surface area (Å²) in [6.07, 6.45) is 4.02. The molecule has 1 unspecified atom stereocenters. The molecule has 0 spiro atoms. The summed E-state index contributed by atoms with van der Waals surface area (Å²) in [5.41, 5.74) is 1.09. The van der Waals surface area contributed by atoms with E-state index in [2.05, 4.69) is 18.3 Å². The van der Waals surface area contributed by atoms with E-state index in [0.29, 0.717) is 0 Å². The van der Waals surface area contributed by atoms with Gasteiger partial charge in [-0.15, -0.1) is 0 Å². The quantitative estimate of drug-likeness (QED) is 0.773. The van der Waals surface area contributed by atoms with Gasteiger partial charge in [-0.2, -0.15) is 0 Å². The highest BCUT2D eigenvalue weighted by atomic mass is 35.5. The lowest BCUT2D eigenvalue weighted by molar-refractivity contribution is 0.0490. The monoisotopic (exact) mass is 267 g/mol. The number of hydrogen-bond donors (Lipinski definition) is 1. The molecule has 1 aliphatic carbocycles. The molecular formula is C15H22ClNO. The predicted octanol–water partition coefficient (Wildman–Crippen LogP) is 3.81. The van der Waals surface area contributed by atoms with Crippen LogP contribution in [0.15, 0.2) is 24.3 Å². The van der Waals surface area contributed by atoms with Gasteiger partial charge in [0.1, 0.15) is 0 Å². The van der Waals surface area contributed by atoms with Crippen molar-refractivity contribution in [3.05, 3.63) is 34.9 Å². The molecule has 18 heavy (non-hydrogen) atoms. The molecule has 1 atom stereocenters. The van der Waals surface area contributed by atoms with E-state index in [9.17, 15) is 0 Å². The van der Waals surface area contributed by atoms with Crippen molar-refractivity contribution in [3.63, 3.8) is 0 Å². The smallest absolute Gasteiger partial charge is 0.0963 e. The first-order valence-electron chi connectivity index (χ1n) is 6.88. The van der Waals surface area contributed by atoms with Gasteiger partial charge in [0.15, 0.2) is 0 Å². The maximum atomic E-state index is 6.24. The van der Waals surface area contributed by atoms with Crippen molar-refractivity contribution in [2.24, 2.45) is 5.92 Å². The van der Waals surface area contributed by atoms with Gasteiger partial charge < -0.3 is 10.1 Å². The molecule has 2 nitrogen and oxygen atoms in total. The molecule has 1 aromatic carbocycles. The molecule has 0 radical (unpaired) electrons. The number of ether oxygens (including phenoxy) is 1. The lowest BCUT2D eigenvalue weighted by Crippen LogP contribution is -2.23. The molecule has 0 bridgehead atoms. The minimum Gasteiger partial charge on any atom is -0.372 e. The lowest BCUT2D eigenvalue weighted by atomic mass is 10.1. The molecule has 0 amide bonds. The van der Waals surface area contributed by atoms with E-state index in [0.717, 1.165) is 36.2 Å². The highest BCUT2D eigenvalue weighted by Crippen LogP contribution is 2.33. The molecule has 1 aromatic rings. The Labute approximate surface area is 115 Å². The minimum absolute atomic E-state index is 0.0670. The van der Waals surface area contributed by atoms with Gasteiger partial charge in [0.2, 0.25) is 0 Å². The summed E-state index contributed by atoms with van der Waals surface area (Å²) in [5.74, 6) is 0.913. The second-order valence-electron chi connectivity index (χ2n) is 4.92. The van der Waals surface area contributed by atoms with Gasteiger partial charge >= 0.3 is 0 Å². The van der Waals surface area contributed by atoms with Crippen LogP contribution < -0.4 is 5.32 Å². The zero-order chi connectivity index (χ0) is 12.8. The van der Waals surface area contributed by atoms with Crippen LogP contribution >= 0.6 is 11.6 Å². The summed E-state index contributed by atoms with van der Waals surface area (Å²) in [4.78, 5) is 0. The Bertz CT molecular complexity index is 365. The Hall–Kier alpha value is -0.570. The number of hydrogen-bond acceptors (Lipinski definition) is 2.